The number of aromatic nitrogens is 1. The van der Waals surface area contributed by atoms with Gasteiger partial charge in [0.1, 0.15) is 5.69 Å². The summed E-state index contributed by atoms with van der Waals surface area (Å²) in [7, 11) is 0. The predicted octanol–water partition coefficient (Wildman–Crippen LogP) is 2.99. The molecule has 0 aliphatic heterocycles. The fourth-order valence-electron chi connectivity index (χ4n) is 2.47. The SMILES string of the molecule is O=C1CC(c2ccccc2)Cc2cccnc21. The summed E-state index contributed by atoms with van der Waals surface area (Å²) in [5.74, 6) is 0.473. The average molecular weight is 223 g/mol. The van der Waals surface area contributed by atoms with E-state index in [2.05, 4.69) is 17.1 Å². The molecular weight excluding hydrogens is 210 g/mol. The normalized spacial score (nSPS) is 18.8. The van der Waals surface area contributed by atoms with Crippen molar-refractivity contribution in [1.29, 1.82) is 0 Å². The summed E-state index contributed by atoms with van der Waals surface area (Å²) in [4.78, 5) is 16.2. The van der Waals surface area contributed by atoms with Crippen LogP contribution in [0.2, 0.25) is 0 Å². The number of pyridine rings is 1. The first-order chi connectivity index (χ1) is 8.34. The van der Waals surface area contributed by atoms with Crippen molar-refractivity contribution in [1.82, 2.24) is 4.98 Å². The molecule has 2 nitrogen and oxygen atoms in total. The van der Waals surface area contributed by atoms with Crippen LogP contribution in [0.1, 0.15) is 34.0 Å². The molecule has 3 rings (SSSR count). The highest BCUT2D eigenvalue weighted by atomic mass is 16.1. The van der Waals surface area contributed by atoms with Crippen LogP contribution < -0.4 is 0 Å². The number of fused-ring (bicyclic) bond motifs is 1. The predicted molar refractivity (Wildman–Crippen MR) is 66.1 cm³/mol. The number of ketones is 1. The first kappa shape index (κ1) is 10.2. The largest absolute Gasteiger partial charge is 0.292 e. The Hall–Kier alpha value is -1.96. The maximum absolute atomic E-state index is 12.0. The van der Waals surface area contributed by atoms with Crippen LogP contribution in [0, 0.1) is 0 Å². The van der Waals surface area contributed by atoms with Crippen molar-refractivity contribution in [2.75, 3.05) is 0 Å². The van der Waals surface area contributed by atoms with Crippen LogP contribution in [-0.2, 0) is 6.42 Å². The van der Waals surface area contributed by atoms with E-state index in [1.165, 1.54) is 5.56 Å². The zero-order chi connectivity index (χ0) is 11.7. The number of rotatable bonds is 1. The van der Waals surface area contributed by atoms with Crippen LogP contribution >= 0.6 is 0 Å². The number of nitrogens with zero attached hydrogens (tertiary/aromatic N) is 1. The van der Waals surface area contributed by atoms with Crippen molar-refractivity contribution in [3.05, 3.63) is 65.5 Å². The summed E-state index contributed by atoms with van der Waals surface area (Å²) in [5.41, 5.74) is 2.99. The molecule has 84 valence electrons. The van der Waals surface area contributed by atoms with Gasteiger partial charge in [0.15, 0.2) is 5.78 Å². The second-order valence-corrected chi connectivity index (χ2v) is 4.45. The van der Waals surface area contributed by atoms with E-state index >= 15 is 0 Å². The molecule has 1 unspecified atom stereocenters. The molecular formula is C15H13NO. The fraction of sp³-hybridized carbons (Fsp3) is 0.200. The molecule has 17 heavy (non-hydrogen) atoms. The van der Waals surface area contributed by atoms with Crippen LogP contribution in [0.15, 0.2) is 48.7 Å². The topological polar surface area (TPSA) is 30.0 Å². The Kier molecular flexibility index (Phi) is 2.48. The molecule has 0 fully saturated rings. The molecule has 1 aromatic carbocycles. The maximum atomic E-state index is 12.0. The van der Waals surface area contributed by atoms with E-state index < -0.39 is 0 Å². The van der Waals surface area contributed by atoms with Gasteiger partial charge in [0.25, 0.3) is 0 Å². The molecule has 1 aromatic heterocycles. The van der Waals surface area contributed by atoms with Gasteiger partial charge in [-0.2, -0.15) is 0 Å². The summed E-state index contributed by atoms with van der Waals surface area (Å²) >= 11 is 0. The Bertz CT molecular complexity index is 548. The lowest BCUT2D eigenvalue weighted by molar-refractivity contribution is 0.0959. The Balaban J connectivity index is 1.97. The van der Waals surface area contributed by atoms with Crippen molar-refractivity contribution in [2.24, 2.45) is 0 Å². The lowest BCUT2D eigenvalue weighted by Gasteiger charge is -2.22. The number of hydrogen-bond donors (Lipinski definition) is 0. The first-order valence-corrected chi connectivity index (χ1v) is 5.86. The van der Waals surface area contributed by atoms with Gasteiger partial charge in [-0.1, -0.05) is 36.4 Å². The number of Topliss-reactive ketones (excluding diaryl/α,β-unsaturated/α-hetero) is 1. The van der Waals surface area contributed by atoms with E-state index in [0.717, 1.165) is 12.0 Å². The Morgan fingerprint density at radius 3 is 2.65 bits per heavy atom. The van der Waals surface area contributed by atoms with Gasteiger partial charge < -0.3 is 0 Å². The van der Waals surface area contributed by atoms with E-state index in [-0.39, 0.29) is 5.78 Å². The van der Waals surface area contributed by atoms with Crippen LogP contribution in [0.3, 0.4) is 0 Å². The van der Waals surface area contributed by atoms with E-state index in [1.807, 2.05) is 30.3 Å². The van der Waals surface area contributed by atoms with E-state index in [1.54, 1.807) is 6.20 Å². The highest BCUT2D eigenvalue weighted by Crippen LogP contribution is 2.31. The molecule has 1 heterocycles. The van der Waals surface area contributed by atoms with E-state index in [4.69, 9.17) is 0 Å². The van der Waals surface area contributed by atoms with Crippen molar-refractivity contribution in [2.45, 2.75) is 18.8 Å². The van der Waals surface area contributed by atoms with Gasteiger partial charge in [-0.3, -0.25) is 9.78 Å². The molecule has 0 bridgehead atoms. The first-order valence-electron chi connectivity index (χ1n) is 5.86. The Labute approximate surface area is 100 Å². The zero-order valence-electron chi connectivity index (χ0n) is 9.47. The number of benzene rings is 1. The van der Waals surface area contributed by atoms with Crippen LogP contribution in [0.5, 0.6) is 0 Å². The molecule has 1 atom stereocenters. The zero-order valence-corrected chi connectivity index (χ0v) is 9.47. The van der Waals surface area contributed by atoms with Gasteiger partial charge >= 0.3 is 0 Å². The summed E-state index contributed by atoms with van der Waals surface area (Å²) < 4.78 is 0. The second-order valence-electron chi connectivity index (χ2n) is 4.45. The minimum absolute atomic E-state index is 0.167. The van der Waals surface area contributed by atoms with Crippen molar-refractivity contribution in [3.63, 3.8) is 0 Å². The quantitative estimate of drug-likeness (QED) is 0.744. The smallest absolute Gasteiger partial charge is 0.182 e. The molecule has 0 saturated heterocycles. The lowest BCUT2D eigenvalue weighted by Crippen LogP contribution is -2.19. The molecule has 0 amide bonds. The third kappa shape index (κ3) is 1.86. The lowest BCUT2D eigenvalue weighted by atomic mass is 9.81. The van der Waals surface area contributed by atoms with E-state index in [9.17, 15) is 4.79 Å². The van der Waals surface area contributed by atoms with Gasteiger partial charge in [0.05, 0.1) is 0 Å². The molecule has 1 aliphatic carbocycles. The number of carbonyl (C=O) groups is 1. The third-order valence-corrected chi connectivity index (χ3v) is 3.32. The van der Waals surface area contributed by atoms with Crippen molar-refractivity contribution >= 4 is 5.78 Å². The van der Waals surface area contributed by atoms with Crippen molar-refractivity contribution < 1.29 is 4.79 Å². The fourth-order valence-corrected chi connectivity index (χ4v) is 2.47. The van der Waals surface area contributed by atoms with Gasteiger partial charge in [-0.05, 0) is 29.5 Å². The molecule has 0 saturated carbocycles. The molecule has 2 aromatic rings. The highest BCUT2D eigenvalue weighted by molar-refractivity contribution is 5.97. The van der Waals surface area contributed by atoms with Gasteiger partial charge in [0.2, 0.25) is 0 Å². The third-order valence-electron chi connectivity index (χ3n) is 3.32. The maximum Gasteiger partial charge on any atom is 0.182 e. The standard InChI is InChI=1S/C15H13NO/c17-14-10-13(11-5-2-1-3-6-11)9-12-7-4-8-16-15(12)14/h1-8,13H,9-10H2. The van der Waals surface area contributed by atoms with Gasteiger partial charge in [-0.25, -0.2) is 0 Å². The summed E-state index contributed by atoms with van der Waals surface area (Å²) in [6, 6.07) is 14.2. The number of hydrogen-bond acceptors (Lipinski definition) is 2. The molecule has 0 N–H and O–H groups in total. The average Bonchev–Trinajstić information content (AvgIpc) is 2.40. The second kappa shape index (κ2) is 4.13. The molecule has 1 aliphatic rings. The molecule has 0 spiro atoms. The minimum Gasteiger partial charge on any atom is -0.292 e. The number of carbonyl (C=O) groups excluding carboxylic acids is 1. The van der Waals surface area contributed by atoms with Gasteiger partial charge in [0, 0.05) is 12.6 Å². The van der Waals surface area contributed by atoms with Crippen molar-refractivity contribution in [3.8, 4) is 0 Å². The summed E-state index contributed by atoms with van der Waals surface area (Å²) in [6.07, 6.45) is 3.19. The highest BCUT2D eigenvalue weighted by Gasteiger charge is 2.26. The van der Waals surface area contributed by atoms with Gasteiger partial charge in [-0.15, -0.1) is 0 Å². The van der Waals surface area contributed by atoms with Crippen LogP contribution in [0.4, 0.5) is 0 Å². The summed E-state index contributed by atoms with van der Waals surface area (Å²) in [5, 5.41) is 0. The summed E-state index contributed by atoms with van der Waals surface area (Å²) in [6.45, 7) is 0. The van der Waals surface area contributed by atoms with Crippen LogP contribution in [0.25, 0.3) is 0 Å². The van der Waals surface area contributed by atoms with E-state index in [0.29, 0.717) is 18.0 Å². The molecule has 0 radical (unpaired) electrons. The monoisotopic (exact) mass is 223 g/mol. The Morgan fingerprint density at radius 1 is 1.00 bits per heavy atom. The van der Waals surface area contributed by atoms with Crippen LogP contribution in [-0.4, -0.2) is 10.8 Å². The minimum atomic E-state index is 0.167. The molecule has 2 heteroatoms. The Morgan fingerprint density at radius 2 is 1.82 bits per heavy atom.